The lowest BCUT2D eigenvalue weighted by molar-refractivity contribution is 0.415. The molecule has 0 saturated carbocycles. The third-order valence-corrected chi connectivity index (χ3v) is 5.93. The highest BCUT2D eigenvalue weighted by Crippen LogP contribution is 2.32. The third kappa shape index (κ3) is 3.23. The van der Waals surface area contributed by atoms with Gasteiger partial charge in [-0.2, -0.15) is 0 Å². The molecule has 7 heteroatoms. The van der Waals surface area contributed by atoms with Crippen LogP contribution in [0.5, 0.6) is 5.75 Å². The maximum absolute atomic E-state index is 8.37. The Labute approximate surface area is 178 Å². The zero-order valence-electron chi connectivity index (χ0n) is 16.3. The molecular formula is C23H19N5OS. The van der Waals surface area contributed by atoms with Gasteiger partial charge in [0.25, 0.3) is 0 Å². The number of hydrazone groups is 1. The average molecular weight is 414 g/mol. The Bertz CT molecular complexity index is 1230. The first-order valence-corrected chi connectivity index (χ1v) is 10.5. The molecule has 1 aliphatic heterocycles. The number of pyridine rings is 1. The van der Waals surface area contributed by atoms with E-state index in [0.717, 1.165) is 44.1 Å². The maximum Gasteiger partial charge on any atom is 0.193 e. The van der Waals surface area contributed by atoms with Crippen molar-refractivity contribution in [1.82, 2.24) is 4.98 Å². The monoisotopic (exact) mass is 413 g/mol. The van der Waals surface area contributed by atoms with Crippen LogP contribution in [-0.4, -0.2) is 28.8 Å². The fourth-order valence-electron chi connectivity index (χ4n) is 3.52. The predicted octanol–water partition coefficient (Wildman–Crippen LogP) is 5.31. The van der Waals surface area contributed by atoms with Gasteiger partial charge < -0.3 is 4.74 Å². The fraction of sp³-hybridized carbons (Fsp3) is 0.0870. The molecule has 3 aromatic carbocycles. The van der Waals surface area contributed by atoms with Crippen LogP contribution in [0.1, 0.15) is 0 Å². The minimum Gasteiger partial charge on any atom is -0.497 e. The minimum atomic E-state index is 0.496. The van der Waals surface area contributed by atoms with E-state index in [1.807, 2.05) is 77.7 Å². The highest BCUT2D eigenvalue weighted by Gasteiger charge is 2.27. The van der Waals surface area contributed by atoms with Crippen molar-refractivity contribution in [3.63, 3.8) is 0 Å². The summed E-state index contributed by atoms with van der Waals surface area (Å²) in [5, 5.41) is 15.8. The Hall–Kier alpha value is -3.58. The summed E-state index contributed by atoms with van der Waals surface area (Å²) in [7, 11) is 1.64. The second kappa shape index (κ2) is 7.68. The average Bonchev–Trinajstić information content (AvgIpc) is 3.17. The van der Waals surface area contributed by atoms with Crippen LogP contribution in [0.3, 0.4) is 0 Å². The standard InChI is InChI=1S/C23H19N5OS/c1-29-16-12-10-15(11-13-16)28-21(24)14-30-23(28)27-26-22-17-6-2-4-8-19(17)25-20-9-5-3-7-18(20)22/h2-13,24H,14H2,1H3,(H,25,26)/b24-21?,27-23-. The molecule has 148 valence electrons. The lowest BCUT2D eigenvalue weighted by Gasteiger charge is -2.18. The predicted molar refractivity (Wildman–Crippen MR) is 126 cm³/mol. The van der Waals surface area contributed by atoms with Crippen LogP contribution in [0.4, 0.5) is 11.4 Å². The number of anilines is 2. The summed E-state index contributed by atoms with van der Waals surface area (Å²) in [6.45, 7) is 0. The second-order valence-electron chi connectivity index (χ2n) is 6.80. The van der Waals surface area contributed by atoms with Crippen LogP contribution in [0.25, 0.3) is 21.8 Å². The number of ether oxygens (including phenoxy) is 1. The Kier molecular flexibility index (Phi) is 4.72. The number of hydrogen-bond donors (Lipinski definition) is 2. The smallest absolute Gasteiger partial charge is 0.193 e. The lowest BCUT2D eigenvalue weighted by atomic mass is 10.1. The number of aromatic nitrogens is 1. The van der Waals surface area contributed by atoms with Crippen molar-refractivity contribution in [3.05, 3.63) is 72.8 Å². The van der Waals surface area contributed by atoms with Crippen LogP contribution >= 0.6 is 11.8 Å². The zero-order valence-corrected chi connectivity index (χ0v) is 17.1. The van der Waals surface area contributed by atoms with Crippen molar-refractivity contribution in [2.45, 2.75) is 0 Å². The van der Waals surface area contributed by atoms with Gasteiger partial charge in [-0.25, -0.2) is 4.98 Å². The first kappa shape index (κ1) is 18.4. The molecule has 0 amide bonds. The van der Waals surface area contributed by atoms with Crippen LogP contribution < -0.4 is 15.1 Å². The molecule has 1 aliphatic rings. The molecule has 2 N–H and O–H groups in total. The van der Waals surface area contributed by atoms with Crippen molar-refractivity contribution in [2.75, 3.05) is 23.2 Å². The molecule has 2 heterocycles. The van der Waals surface area contributed by atoms with Crippen LogP contribution in [0.2, 0.25) is 0 Å². The highest BCUT2D eigenvalue weighted by atomic mass is 32.2. The molecule has 0 unspecified atom stereocenters. The number of amidine groups is 2. The van der Waals surface area contributed by atoms with E-state index in [0.29, 0.717) is 11.6 Å². The molecule has 1 aromatic heterocycles. The normalized spacial score (nSPS) is 15.3. The maximum atomic E-state index is 8.37. The van der Waals surface area contributed by atoms with Crippen molar-refractivity contribution in [2.24, 2.45) is 5.10 Å². The SMILES string of the molecule is COc1ccc(N2C(=N)CS/C2=N\Nc2c3ccccc3nc3ccccc23)cc1. The van der Waals surface area contributed by atoms with Gasteiger partial charge in [-0.15, -0.1) is 5.10 Å². The largest absolute Gasteiger partial charge is 0.497 e. The number of nitrogens with one attached hydrogen (secondary N) is 2. The van der Waals surface area contributed by atoms with Crippen molar-refractivity contribution < 1.29 is 4.74 Å². The van der Waals surface area contributed by atoms with Gasteiger partial charge >= 0.3 is 0 Å². The summed E-state index contributed by atoms with van der Waals surface area (Å²) in [6, 6.07) is 23.7. The molecule has 0 radical (unpaired) electrons. The number of methoxy groups -OCH3 is 1. The van der Waals surface area contributed by atoms with Crippen LogP contribution in [0.15, 0.2) is 77.9 Å². The summed E-state index contributed by atoms with van der Waals surface area (Å²) in [5.74, 6) is 1.85. The van der Waals surface area contributed by atoms with Crippen LogP contribution in [-0.2, 0) is 0 Å². The van der Waals surface area contributed by atoms with Gasteiger partial charge in [0, 0.05) is 16.5 Å². The summed E-state index contributed by atoms with van der Waals surface area (Å²) in [6.07, 6.45) is 0. The fourth-order valence-corrected chi connectivity index (χ4v) is 4.37. The molecule has 0 bridgehead atoms. The molecule has 30 heavy (non-hydrogen) atoms. The Morgan fingerprint density at radius 2 is 1.60 bits per heavy atom. The molecule has 0 aliphatic carbocycles. The van der Waals surface area contributed by atoms with Crippen molar-refractivity contribution in [3.8, 4) is 5.75 Å². The summed E-state index contributed by atoms with van der Waals surface area (Å²) < 4.78 is 5.25. The zero-order chi connectivity index (χ0) is 20.5. The first-order chi connectivity index (χ1) is 14.7. The number of para-hydroxylation sites is 2. The van der Waals surface area contributed by atoms with E-state index < -0.39 is 0 Å². The molecule has 4 aromatic rings. The number of nitrogens with zero attached hydrogens (tertiary/aromatic N) is 3. The number of hydrogen-bond acceptors (Lipinski definition) is 6. The Morgan fingerprint density at radius 1 is 0.967 bits per heavy atom. The quantitative estimate of drug-likeness (QED) is 0.350. The van der Waals surface area contributed by atoms with Crippen molar-refractivity contribution in [1.29, 1.82) is 5.41 Å². The van der Waals surface area contributed by atoms with Gasteiger partial charge in [-0.05, 0) is 36.4 Å². The Morgan fingerprint density at radius 3 is 2.23 bits per heavy atom. The number of rotatable bonds is 4. The van der Waals surface area contributed by atoms with Crippen molar-refractivity contribution >= 4 is 55.9 Å². The molecular weight excluding hydrogens is 394 g/mol. The van der Waals surface area contributed by atoms with E-state index in [1.165, 1.54) is 11.8 Å². The first-order valence-electron chi connectivity index (χ1n) is 9.50. The summed E-state index contributed by atoms with van der Waals surface area (Å²) in [5.41, 5.74) is 6.91. The summed E-state index contributed by atoms with van der Waals surface area (Å²) in [4.78, 5) is 6.61. The molecule has 0 spiro atoms. The van der Waals surface area contributed by atoms with Gasteiger partial charge in [0.1, 0.15) is 11.6 Å². The number of benzene rings is 3. The molecule has 1 fully saturated rings. The lowest BCUT2D eigenvalue weighted by Crippen LogP contribution is -2.29. The Balaban J connectivity index is 1.56. The van der Waals surface area contributed by atoms with Gasteiger partial charge in [0.05, 0.1) is 29.6 Å². The second-order valence-corrected chi connectivity index (χ2v) is 7.74. The molecule has 5 rings (SSSR count). The third-order valence-electron chi connectivity index (χ3n) is 4.98. The van der Waals surface area contributed by atoms with Gasteiger partial charge in [0.2, 0.25) is 0 Å². The van der Waals surface area contributed by atoms with Crippen LogP contribution in [0, 0.1) is 5.41 Å². The van der Waals surface area contributed by atoms with Gasteiger partial charge in [0.15, 0.2) is 5.17 Å². The molecule has 0 atom stereocenters. The summed E-state index contributed by atoms with van der Waals surface area (Å²) >= 11 is 1.54. The highest BCUT2D eigenvalue weighted by molar-refractivity contribution is 8.15. The van der Waals surface area contributed by atoms with E-state index in [2.05, 4.69) is 5.43 Å². The van der Waals surface area contributed by atoms with E-state index >= 15 is 0 Å². The van der Waals surface area contributed by atoms with E-state index in [-0.39, 0.29) is 0 Å². The van der Waals surface area contributed by atoms with E-state index in [4.69, 9.17) is 20.2 Å². The molecule has 1 saturated heterocycles. The van der Waals surface area contributed by atoms with E-state index in [9.17, 15) is 0 Å². The number of fused-ring (bicyclic) bond motifs is 2. The van der Waals surface area contributed by atoms with Gasteiger partial charge in [-0.3, -0.25) is 15.7 Å². The minimum absolute atomic E-state index is 0.496. The number of thioether (sulfide) groups is 1. The topological polar surface area (TPSA) is 73.6 Å². The molecule has 6 nitrogen and oxygen atoms in total. The van der Waals surface area contributed by atoms with Gasteiger partial charge in [-0.1, -0.05) is 48.2 Å². The van der Waals surface area contributed by atoms with E-state index in [1.54, 1.807) is 7.11 Å².